The Morgan fingerprint density at radius 3 is 2.07 bits per heavy atom. The molecular formula is C18H28ClNO10. The van der Waals surface area contributed by atoms with Gasteiger partial charge in [0.15, 0.2) is 18.5 Å². The highest BCUT2D eigenvalue weighted by molar-refractivity contribution is 6.17. The minimum atomic E-state index is -1.16. The molecule has 1 amide bonds. The molecule has 0 spiro atoms. The van der Waals surface area contributed by atoms with Crippen molar-refractivity contribution in [1.82, 2.24) is 5.32 Å². The molecule has 1 N–H and O–H groups in total. The van der Waals surface area contributed by atoms with Gasteiger partial charge >= 0.3 is 17.9 Å². The monoisotopic (exact) mass is 453 g/mol. The van der Waals surface area contributed by atoms with E-state index in [1.807, 2.05) is 0 Å². The van der Waals surface area contributed by atoms with Gasteiger partial charge in [0, 0.05) is 33.6 Å². The normalized spacial score (nSPS) is 25.8. The Hall–Kier alpha value is -1.95. The first kappa shape index (κ1) is 26.1. The van der Waals surface area contributed by atoms with E-state index >= 15 is 0 Å². The molecule has 172 valence electrons. The first-order chi connectivity index (χ1) is 14.1. The molecule has 0 aromatic rings. The van der Waals surface area contributed by atoms with Gasteiger partial charge in [0.1, 0.15) is 18.8 Å². The number of halogens is 1. The van der Waals surface area contributed by atoms with E-state index in [1.165, 1.54) is 20.8 Å². The summed E-state index contributed by atoms with van der Waals surface area (Å²) >= 11 is 5.54. The fourth-order valence-corrected chi connectivity index (χ4v) is 2.92. The van der Waals surface area contributed by atoms with Crippen molar-refractivity contribution in [3.8, 4) is 0 Å². The van der Waals surface area contributed by atoms with Crippen LogP contribution in [0.5, 0.6) is 0 Å². The lowest BCUT2D eigenvalue weighted by molar-refractivity contribution is -0.279. The van der Waals surface area contributed by atoms with Crippen molar-refractivity contribution in [3.05, 3.63) is 0 Å². The number of hydrogen-bond acceptors (Lipinski definition) is 10. The fraction of sp³-hybridized carbons (Fsp3) is 0.778. The maximum absolute atomic E-state index is 11.8. The van der Waals surface area contributed by atoms with Gasteiger partial charge in [-0.1, -0.05) is 0 Å². The number of esters is 3. The summed E-state index contributed by atoms with van der Waals surface area (Å²) in [4.78, 5) is 46.4. The maximum atomic E-state index is 11.8. The molecule has 0 saturated carbocycles. The number of carbonyl (C=O) groups excluding carboxylic acids is 4. The lowest BCUT2D eigenvalue weighted by Crippen LogP contribution is -2.66. The summed E-state index contributed by atoms with van der Waals surface area (Å²) in [5.41, 5.74) is 0. The highest BCUT2D eigenvalue weighted by Gasteiger charge is 2.51. The van der Waals surface area contributed by atoms with Crippen LogP contribution in [0.25, 0.3) is 0 Å². The molecular weight excluding hydrogens is 426 g/mol. The molecule has 0 radical (unpaired) electrons. The summed E-state index contributed by atoms with van der Waals surface area (Å²) in [5.74, 6) is -2.07. The number of hydrogen-bond donors (Lipinski definition) is 1. The molecule has 1 fully saturated rings. The third kappa shape index (κ3) is 9.24. The maximum Gasteiger partial charge on any atom is 0.303 e. The lowest BCUT2D eigenvalue weighted by Gasteiger charge is -2.44. The number of alkyl halides is 1. The van der Waals surface area contributed by atoms with Crippen LogP contribution in [-0.2, 0) is 47.6 Å². The van der Waals surface area contributed by atoms with E-state index in [0.29, 0.717) is 12.5 Å². The largest absolute Gasteiger partial charge is 0.463 e. The van der Waals surface area contributed by atoms with Crippen molar-refractivity contribution in [2.24, 2.45) is 0 Å². The second-order valence-corrected chi connectivity index (χ2v) is 6.77. The molecule has 11 nitrogen and oxygen atoms in total. The Labute approximate surface area is 179 Å². The van der Waals surface area contributed by atoms with E-state index in [1.54, 1.807) is 0 Å². The van der Waals surface area contributed by atoms with E-state index in [4.69, 9.17) is 40.0 Å². The topological polar surface area (TPSA) is 136 Å². The lowest BCUT2D eigenvalue weighted by atomic mass is 9.96. The van der Waals surface area contributed by atoms with Crippen molar-refractivity contribution in [2.45, 2.75) is 58.3 Å². The van der Waals surface area contributed by atoms with Crippen molar-refractivity contribution in [1.29, 1.82) is 0 Å². The molecule has 1 heterocycles. The van der Waals surface area contributed by atoms with Crippen molar-refractivity contribution in [2.75, 3.05) is 32.3 Å². The number of amides is 1. The highest BCUT2D eigenvalue weighted by Crippen LogP contribution is 2.28. The van der Waals surface area contributed by atoms with Crippen LogP contribution in [0.3, 0.4) is 0 Å². The van der Waals surface area contributed by atoms with Gasteiger partial charge in [0.2, 0.25) is 5.91 Å². The first-order valence-electron chi connectivity index (χ1n) is 9.31. The molecule has 30 heavy (non-hydrogen) atoms. The van der Waals surface area contributed by atoms with Crippen LogP contribution in [0, 0.1) is 0 Å². The van der Waals surface area contributed by atoms with Crippen molar-refractivity contribution in [3.63, 3.8) is 0 Å². The Morgan fingerprint density at radius 2 is 1.53 bits per heavy atom. The second-order valence-electron chi connectivity index (χ2n) is 6.39. The fourth-order valence-electron chi connectivity index (χ4n) is 2.81. The Bertz CT molecular complexity index is 602. The van der Waals surface area contributed by atoms with Gasteiger partial charge in [-0.05, 0) is 0 Å². The van der Waals surface area contributed by atoms with Crippen molar-refractivity contribution >= 4 is 35.4 Å². The van der Waals surface area contributed by atoms with Gasteiger partial charge in [0.05, 0.1) is 19.8 Å². The third-order valence-electron chi connectivity index (χ3n) is 3.80. The zero-order chi connectivity index (χ0) is 22.7. The summed E-state index contributed by atoms with van der Waals surface area (Å²) in [6.45, 7) is 5.10. The molecule has 1 saturated heterocycles. The molecule has 0 aromatic heterocycles. The Morgan fingerprint density at radius 1 is 0.900 bits per heavy atom. The van der Waals surface area contributed by atoms with Gasteiger partial charge in [0.25, 0.3) is 0 Å². The van der Waals surface area contributed by atoms with Crippen LogP contribution in [0.15, 0.2) is 0 Å². The quantitative estimate of drug-likeness (QED) is 0.196. The van der Waals surface area contributed by atoms with E-state index in [-0.39, 0.29) is 19.8 Å². The molecule has 0 aromatic carbocycles. The zero-order valence-corrected chi connectivity index (χ0v) is 18.1. The van der Waals surface area contributed by atoms with Gasteiger partial charge < -0.3 is 33.7 Å². The molecule has 0 aliphatic carbocycles. The Kier molecular flexibility index (Phi) is 11.6. The Balaban J connectivity index is 3.13. The summed E-state index contributed by atoms with van der Waals surface area (Å²) in [7, 11) is 0. The van der Waals surface area contributed by atoms with Gasteiger partial charge in [-0.15, -0.1) is 11.6 Å². The van der Waals surface area contributed by atoms with E-state index in [2.05, 4.69) is 5.32 Å². The smallest absolute Gasteiger partial charge is 0.303 e. The number of rotatable bonds is 11. The molecule has 12 heteroatoms. The van der Waals surface area contributed by atoms with E-state index in [9.17, 15) is 19.2 Å². The second kappa shape index (κ2) is 13.4. The summed E-state index contributed by atoms with van der Waals surface area (Å²) in [5, 5.41) is 2.60. The van der Waals surface area contributed by atoms with Gasteiger partial charge in [-0.25, -0.2) is 0 Å². The molecule has 1 aliphatic rings. The van der Waals surface area contributed by atoms with E-state index in [0.717, 1.165) is 6.92 Å². The van der Waals surface area contributed by atoms with Crippen LogP contribution >= 0.6 is 11.6 Å². The summed E-state index contributed by atoms with van der Waals surface area (Å²) < 4.78 is 32.4. The number of ether oxygens (including phenoxy) is 6. The minimum absolute atomic E-state index is 0.0724. The standard InChI is InChI=1S/C18H28ClNO10/c1-10(21)20-15-17(29-13(4)24)16(28-12(3)23)14(9-27-11(2)22)30-18(15)26-8-7-25-6-5-19/h14-18H,5-9H2,1-4H3,(H,20,21)/t14-,15-,16+,17-,18-/m0/s1. The van der Waals surface area contributed by atoms with Crippen LogP contribution in [-0.4, -0.2) is 86.8 Å². The minimum Gasteiger partial charge on any atom is -0.463 e. The average molecular weight is 454 g/mol. The summed E-state index contributed by atoms with van der Waals surface area (Å²) in [6.07, 6.45) is -4.43. The molecule has 0 unspecified atom stereocenters. The first-order valence-corrected chi connectivity index (χ1v) is 9.84. The highest BCUT2D eigenvalue weighted by atomic mass is 35.5. The molecule has 5 atom stereocenters. The van der Waals surface area contributed by atoms with Gasteiger partial charge in [-0.2, -0.15) is 0 Å². The van der Waals surface area contributed by atoms with Crippen LogP contribution in [0.1, 0.15) is 27.7 Å². The van der Waals surface area contributed by atoms with Crippen LogP contribution in [0.2, 0.25) is 0 Å². The summed E-state index contributed by atoms with van der Waals surface area (Å²) in [6, 6.07) is -1.00. The van der Waals surface area contributed by atoms with Crippen LogP contribution in [0.4, 0.5) is 0 Å². The SMILES string of the molecule is CC(=O)N[C@@H]1[C@@H](OCCOCCCl)O[C@@H](COC(C)=O)[C@@H](OC(C)=O)[C@H]1OC(C)=O. The van der Waals surface area contributed by atoms with Crippen LogP contribution < -0.4 is 5.32 Å². The number of nitrogens with one attached hydrogen (secondary N) is 1. The molecule has 1 rings (SSSR count). The number of carbonyl (C=O) groups is 4. The predicted molar refractivity (Wildman–Crippen MR) is 101 cm³/mol. The molecule has 0 bridgehead atoms. The van der Waals surface area contributed by atoms with Gasteiger partial charge in [-0.3, -0.25) is 19.2 Å². The van der Waals surface area contributed by atoms with Crippen molar-refractivity contribution < 1.29 is 47.6 Å². The van der Waals surface area contributed by atoms with E-state index < -0.39 is 54.5 Å². The average Bonchev–Trinajstić information content (AvgIpc) is 2.63. The third-order valence-corrected chi connectivity index (χ3v) is 3.96. The predicted octanol–water partition coefficient (Wildman–Crippen LogP) is -0.0855. The zero-order valence-electron chi connectivity index (χ0n) is 17.4. The molecule has 1 aliphatic heterocycles.